The fourth-order valence-electron chi connectivity index (χ4n) is 2.05. The van der Waals surface area contributed by atoms with Crippen LogP contribution in [-0.4, -0.2) is 22.1 Å². The van der Waals surface area contributed by atoms with Gasteiger partial charge in [-0.2, -0.15) is 0 Å². The lowest BCUT2D eigenvalue weighted by atomic mass is 10.1. The summed E-state index contributed by atoms with van der Waals surface area (Å²) < 4.78 is 4.93. The van der Waals surface area contributed by atoms with Crippen LogP contribution >= 0.6 is 11.3 Å². The van der Waals surface area contributed by atoms with Crippen molar-refractivity contribution in [2.24, 2.45) is 0 Å². The molecule has 1 aromatic carbocycles. The van der Waals surface area contributed by atoms with Gasteiger partial charge in [-0.05, 0) is 30.7 Å². The summed E-state index contributed by atoms with van der Waals surface area (Å²) in [6.45, 7) is 5.55. The second-order valence-corrected chi connectivity index (χ2v) is 6.22. The lowest BCUT2D eigenvalue weighted by molar-refractivity contribution is -0.131. The molecule has 0 aliphatic rings. The van der Waals surface area contributed by atoms with Crippen molar-refractivity contribution in [3.05, 3.63) is 34.8 Å². The van der Waals surface area contributed by atoms with Crippen LogP contribution < -0.4 is 10.1 Å². The number of hydrogen-bond acceptors (Lipinski definition) is 6. The van der Waals surface area contributed by atoms with E-state index in [-0.39, 0.29) is 5.91 Å². The largest absolute Gasteiger partial charge is 0.427 e. The second kappa shape index (κ2) is 7.82. The van der Waals surface area contributed by atoms with Crippen molar-refractivity contribution in [2.75, 3.05) is 5.32 Å². The zero-order valence-electron chi connectivity index (χ0n) is 13.3. The van der Waals surface area contributed by atoms with Crippen LogP contribution in [0.25, 0.3) is 0 Å². The number of aromatic nitrogens is 2. The Kier molecular flexibility index (Phi) is 5.81. The number of nitrogens with one attached hydrogen (secondary N) is 1. The van der Waals surface area contributed by atoms with Gasteiger partial charge in [-0.15, -0.1) is 10.2 Å². The van der Waals surface area contributed by atoms with E-state index in [4.69, 9.17) is 4.74 Å². The van der Waals surface area contributed by atoms with Gasteiger partial charge in [-0.3, -0.25) is 14.9 Å². The Morgan fingerprint density at radius 2 is 1.96 bits per heavy atom. The standard InChI is InChI=1S/C16H19N3O3S/c1-4-5-10(2)15-18-19-16(23-15)17-14(21)12-6-8-13(9-7-12)22-11(3)20/h6-10H,4-5H2,1-3H3,(H,17,19,21)/t10-/m0/s1. The summed E-state index contributed by atoms with van der Waals surface area (Å²) in [6.07, 6.45) is 2.12. The summed E-state index contributed by atoms with van der Waals surface area (Å²) in [5, 5.41) is 12.3. The summed E-state index contributed by atoms with van der Waals surface area (Å²) in [7, 11) is 0. The average molecular weight is 333 g/mol. The Bertz CT molecular complexity index is 682. The highest BCUT2D eigenvalue weighted by Gasteiger charge is 2.14. The molecule has 1 atom stereocenters. The predicted molar refractivity (Wildman–Crippen MR) is 88.9 cm³/mol. The van der Waals surface area contributed by atoms with Gasteiger partial charge < -0.3 is 4.74 Å². The number of rotatable bonds is 6. The molecule has 23 heavy (non-hydrogen) atoms. The Hall–Kier alpha value is -2.28. The van der Waals surface area contributed by atoms with Gasteiger partial charge in [-0.25, -0.2) is 0 Å². The molecule has 0 aliphatic carbocycles. The molecule has 6 nitrogen and oxygen atoms in total. The van der Waals surface area contributed by atoms with Gasteiger partial charge in [0, 0.05) is 18.4 Å². The van der Waals surface area contributed by atoms with Gasteiger partial charge in [0.25, 0.3) is 5.91 Å². The van der Waals surface area contributed by atoms with E-state index < -0.39 is 5.97 Å². The molecule has 1 amide bonds. The molecule has 0 saturated heterocycles. The van der Waals surface area contributed by atoms with Crippen molar-refractivity contribution >= 4 is 28.3 Å². The van der Waals surface area contributed by atoms with Crippen molar-refractivity contribution in [3.8, 4) is 5.75 Å². The fraction of sp³-hybridized carbons (Fsp3) is 0.375. The van der Waals surface area contributed by atoms with Crippen LogP contribution in [0, 0.1) is 0 Å². The van der Waals surface area contributed by atoms with Crippen LogP contribution in [0.15, 0.2) is 24.3 Å². The highest BCUT2D eigenvalue weighted by molar-refractivity contribution is 7.15. The normalized spacial score (nSPS) is 11.8. The van der Waals surface area contributed by atoms with Crippen LogP contribution in [-0.2, 0) is 4.79 Å². The minimum atomic E-state index is -0.398. The van der Waals surface area contributed by atoms with Crippen LogP contribution in [0.4, 0.5) is 5.13 Å². The molecule has 0 aliphatic heterocycles. The van der Waals surface area contributed by atoms with E-state index in [1.165, 1.54) is 18.3 Å². The maximum Gasteiger partial charge on any atom is 0.308 e. The molecule has 1 heterocycles. The number of carbonyl (C=O) groups is 2. The third-order valence-corrected chi connectivity index (χ3v) is 4.25. The minimum Gasteiger partial charge on any atom is -0.427 e. The highest BCUT2D eigenvalue weighted by Crippen LogP contribution is 2.26. The molecular weight excluding hydrogens is 314 g/mol. The fourth-order valence-corrected chi connectivity index (χ4v) is 2.87. The van der Waals surface area contributed by atoms with Gasteiger partial charge in [0.05, 0.1) is 0 Å². The van der Waals surface area contributed by atoms with Gasteiger partial charge in [0.15, 0.2) is 0 Å². The lowest BCUT2D eigenvalue weighted by Crippen LogP contribution is -2.11. The molecule has 0 fully saturated rings. The van der Waals surface area contributed by atoms with Gasteiger partial charge in [0.1, 0.15) is 10.8 Å². The highest BCUT2D eigenvalue weighted by atomic mass is 32.1. The van der Waals surface area contributed by atoms with Crippen LogP contribution in [0.3, 0.4) is 0 Å². The summed E-state index contributed by atoms with van der Waals surface area (Å²) in [6, 6.07) is 6.33. The Morgan fingerprint density at radius 1 is 1.26 bits per heavy atom. The van der Waals surface area contributed by atoms with Crippen LogP contribution in [0.5, 0.6) is 5.75 Å². The number of carbonyl (C=O) groups excluding carboxylic acids is 2. The first-order valence-corrected chi connectivity index (χ1v) is 8.24. The molecule has 7 heteroatoms. The van der Waals surface area contributed by atoms with Crippen molar-refractivity contribution in [3.63, 3.8) is 0 Å². The lowest BCUT2D eigenvalue weighted by Gasteiger charge is -2.04. The van der Waals surface area contributed by atoms with E-state index in [1.807, 2.05) is 0 Å². The number of benzene rings is 1. The molecule has 0 bridgehead atoms. The van der Waals surface area contributed by atoms with E-state index in [0.29, 0.717) is 22.4 Å². The Labute approximate surface area is 138 Å². The SMILES string of the molecule is CCC[C@H](C)c1nnc(NC(=O)c2ccc(OC(C)=O)cc2)s1. The predicted octanol–water partition coefficient (Wildman–Crippen LogP) is 3.62. The minimum absolute atomic E-state index is 0.273. The molecule has 0 unspecified atom stereocenters. The molecule has 0 spiro atoms. The zero-order valence-corrected chi connectivity index (χ0v) is 14.1. The van der Waals surface area contributed by atoms with Gasteiger partial charge in [-0.1, -0.05) is 31.6 Å². The van der Waals surface area contributed by atoms with Crippen molar-refractivity contribution < 1.29 is 14.3 Å². The summed E-state index contributed by atoms with van der Waals surface area (Å²) in [5.41, 5.74) is 0.458. The number of nitrogens with zero attached hydrogens (tertiary/aromatic N) is 2. The van der Waals surface area contributed by atoms with E-state index in [1.54, 1.807) is 24.3 Å². The van der Waals surface area contributed by atoms with Gasteiger partial charge in [0.2, 0.25) is 5.13 Å². The quantitative estimate of drug-likeness (QED) is 0.645. The first-order valence-electron chi connectivity index (χ1n) is 7.42. The summed E-state index contributed by atoms with van der Waals surface area (Å²) in [4.78, 5) is 23.0. The van der Waals surface area contributed by atoms with Crippen molar-refractivity contribution in [1.29, 1.82) is 0 Å². The van der Waals surface area contributed by atoms with E-state index in [2.05, 4.69) is 29.4 Å². The Balaban J connectivity index is 2.00. The number of hydrogen-bond donors (Lipinski definition) is 1. The molecule has 2 rings (SSSR count). The monoisotopic (exact) mass is 333 g/mol. The smallest absolute Gasteiger partial charge is 0.308 e. The zero-order chi connectivity index (χ0) is 16.8. The topological polar surface area (TPSA) is 81.2 Å². The molecule has 0 saturated carbocycles. The number of amides is 1. The van der Waals surface area contributed by atoms with E-state index in [9.17, 15) is 9.59 Å². The van der Waals surface area contributed by atoms with Crippen molar-refractivity contribution in [2.45, 2.75) is 39.5 Å². The summed E-state index contributed by atoms with van der Waals surface area (Å²) >= 11 is 1.39. The van der Waals surface area contributed by atoms with Gasteiger partial charge >= 0.3 is 5.97 Å². The maximum atomic E-state index is 12.2. The number of anilines is 1. The molecule has 1 N–H and O–H groups in total. The van der Waals surface area contributed by atoms with Crippen molar-refractivity contribution in [1.82, 2.24) is 10.2 Å². The Morgan fingerprint density at radius 3 is 2.57 bits per heavy atom. The summed E-state index contributed by atoms with van der Waals surface area (Å²) in [5.74, 6) is 0.0711. The molecule has 2 aromatic rings. The number of esters is 1. The van der Waals surface area contributed by atoms with E-state index >= 15 is 0 Å². The molecule has 1 aromatic heterocycles. The first-order chi connectivity index (χ1) is 11.0. The number of ether oxygens (including phenoxy) is 1. The second-order valence-electron chi connectivity index (χ2n) is 5.21. The first kappa shape index (κ1) is 17.1. The van der Waals surface area contributed by atoms with Crippen LogP contribution in [0.1, 0.15) is 54.9 Å². The molecule has 0 radical (unpaired) electrons. The van der Waals surface area contributed by atoms with Crippen LogP contribution in [0.2, 0.25) is 0 Å². The average Bonchev–Trinajstić information content (AvgIpc) is 2.96. The third-order valence-electron chi connectivity index (χ3n) is 3.18. The molecular formula is C16H19N3O3S. The van der Waals surface area contributed by atoms with E-state index in [0.717, 1.165) is 17.8 Å². The third kappa shape index (κ3) is 4.85. The molecule has 122 valence electrons. The maximum absolute atomic E-state index is 12.2.